The zero-order valence-corrected chi connectivity index (χ0v) is 12.9. The van der Waals surface area contributed by atoms with Crippen LogP contribution in [0.15, 0.2) is 12.1 Å². The molecule has 110 valence electrons. The Bertz CT molecular complexity index is 474. The molecule has 0 bridgehead atoms. The van der Waals surface area contributed by atoms with Gasteiger partial charge in [0.05, 0.1) is 47.4 Å². The van der Waals surface area contributed by atoms with Crippen LogP contribution in [0.3, 0.4) is 0 Å². The molecule has 6 heteroatoms. The summed E-state index contributed by atoms with van der Waals surface area (Å²) in [5.74, 6) is 0.757. The van der Waals surface area contributed by atoms with Crippen LogP contribution in [-0.2, 0) is 0 Å². The van der Waals surface area contributed by atoms with Crippen molar-refractivity contribution in [1.29, 1.82) is 0 Å². The molecule has 20 heavy (non-hydrogen) atoms. The fourth-order valence-electron chi connectivity index (χ4n) is 2.29. The average Bonchev–Trinajstić information content (AvgIpc) is 2.47. The van der Waals surface area contributed by atoms with Crippen LogP contribution < -0.4 is 14.4 Å². The second-order valence-electron chi connectivity index (χ2n) is 4.98. The Morgan fingerprint density at radius 1 is 1.20 bits per heavy atom. The number of piperazine rings is 1. The van der Waals surface area contributed by atoms with E-state index in [4.69, 9.17) is 21.7 Å². The lowest BCUT2D eigenvalue weighted by Crippen LogP contribution is -3.12. The van der Waals surface area contributed by atoms with Crippen molar-refractivity contribution in [2.24, 2.45) is 0 Å². The molecule has 1 heterocycles. The summed E-state index contributed by atoms with van der Waals surface area (Å²) in [5.41, 5.74) is 0.839. The molecule has 5 nitrogen and oxygen atoms in total. The number of likely N-dealkylation sites (N-methyl/N-ethyl adjacent to an activating group) is 1. The largest absolute Gasteiger partial charge is 0.502 e. The topological polar surface area (TPSA) is 46.4 Å². The van der Waals surface area contributed by atoms with E-state index in [0.717, 1.165) is 36.7 Å². The summed E-state index contributed by atoms with van der Waals surface area (Å²) in [6.45, 7) is 4.03. The molecule has 1 aromatic carbocycles. The molecule has 0 aliphatic carbocycles. The summed E-state index contributed by atoms with van der Waals surface area (Å²) in [6, 6.07) is 3.51. The van der Waals surface area contributed by atoms with E-state index < -0.39 is 0 Å². The summed E-state index contributed by atoms with van der Waals surface area (Å²) in [5, 5.41) is 9.93. The van der Waals surface area contributed by atoms with Crippen LogP contribution in [0.5, 0.6) is 17.2 Å². The summed E-state index contributed by atoms with van der Waals surface area (Å²) < 4.78 is 10.3. The molecule has 1 saturated heterocycles. The monoisotopic (exact) mass is 297 g/mol. The maximum Gasteiger partial charge on any atom is 0.200 e. The Hall–Kier alpha value is -1.53. The van der Waals surface area contributed by atoms with E-state index in [0.29, 0.717) is 11.5 Å². The number of benzene rings is 1. The fraction of sp³-hybridized carbons (Fsp3) is 0.500. The number of nitrogens with one attached hydrogen (secondary N) is 1. The number of hydrogen-bond donors (Lipinski definition) is 2. The smallest absolute Gasteiger partial charge is 0.200 e. The van der Waals surface area contributed by atoms with E-state index in [-0.39, 0.29) is 5.75 Å². The van der Waals surface area contributed by atoms with Crippen molar-refractivity contribution in [3.63, 3.8) is 0 Å². The number of thiocarbonyl (C=S) groups is 1. The normalized spacial score (nSPS) is 16.1. The minimum absolute atomic E-state index is 0.00405. The van der Waals surface area contributed by atoms with Gasteiger partial charge in [0.1, 0.15) is 4.99 Å². The van der Waals surface area contributed by atoms with Gasteiger partial charge < -0.3 is 24.4 Å². The third kappa shape index (κ3) is 2.96. The molecule has 1 aliphatic heterocycles. The molecule has 0 aromatic heterocycles. The highest BCUT2D eigenvalue weighted by Gasteiger charge is 2.22. The zero-order valence-electron chi connectivity index (χ0n) is 12.1. The van der Waals surface area contributed by atoms with Crippen molar-refractivity contribution < 1.29 is 19.5 Å². The summed E-state index contributed by atoms with van der Waals surface area (Å²) in [6.07, 6.45) is 0. The molecule has 1 aromatic rings. The number of rotatable bonds is 3. The van der Waals surface area contributed by atoms with Crippen LogP contribution in [-0.4, -0.2) is 62.4 Å². The molecule has 1 fully saturated rings. The maximum atomic E-state index is 9.93. The molecule has 0 saturated carbocycles. The van der Waals surface area contributed by atoms with E-state index in [1.54, 1.807) is 12.1 Å². The molecule has 0 radical (unpaired) electrons. The molecule has 0 spiro atoms. The molecule has 0 unspecified atom stereocenters. The first kappa shape index (κ1) is 14.9. The number of ether oxygens (including phenoxy) is 2. The number of phenolic OH excluding ortho intramolecular Hbond substituents is 1. The van der Waals surface area contributed by atoms with Crippen molar-refractivity contribution >= 4 is 17.2 Å². The van der Waals surface area contributed by atoms with Gasteiger partial charge in [0.15, 0.2) is 11.5 Å². The predicted molar refractivity (Wildman–Crippen MR) is 81.1 cm³/mol. The molecular formula is C14H21N2O3S+. The van der Waals surface area contributed by atoms with Crippen molar-refractivity contribution in [3.8, 4) is 17.2 Å². The SMILES string of the molecule is COc1cc(C(=S)N2CC[NH+](C)CC2)cc(OC)c1O. The summed E-state index contributed by atoms with van der Waals surface area (Å²) in [4.78, 5) is 4.48. The summed E-state index contributed by atoms with van der Waals surface area (Å²) in [7, 11) is 5.22. The van der Waals surface area contributed by atoms with Gasteiger partial charge in [-0.1, -0.05) is 12.2 Å². The third-order valence-electron chi connectivity index (χ3n) is 3.63. The molecule has 2 N–H and O–H groups in total. The van der Waals surface area contributed by atoms with E-state index in [9.17, 15) is 5.11 Å². The Morgan fingerprint density at radius 3 is 2.15 bits per heavy atom. The van der Waals surface area contributed by atoms with Crippen molar-refractivity contribution in [1.82, 2.24) is 4.90 Å². The highest BCUT2D eigenvalue weighted by atomic mass is 32.1. The van der Waals surface area contributed by atoms with Gasteiger partial charge in [0, 0.05) is 5.56 Å². The molecule has 2 rings (SSSR count). The first-order chi connectivity index (χ1) is 9.56. The fourth-order valence-corrected chi connectivity index (χ4v) is 2.59. The standard InChI is InChI=1S/C14H20N2O3S/c1-15-4-6-16(7-5-15)14(20)10-8-11(18-2)13(17)12(9-10)19-3/h8-9,17H,4-7H2,1-3H3/p+1. The van der Waals surface area contributed by atoms with Crippen LogP contribution in [0.2, 0.25) is 0 Å². The van der Waals surface area contributed by atoms with E-state index in [1.165, 1.54) is 19.1 Å². The minimum Gasteiger partial charge on any atom is -0.502 e. The lowest BCUT2D eigenvalue weighted by atomic mass is 10.1. The quantitative estimate of drug-likeness (QED) is 0.764. The second kappa shape index (κ2) is 6.28. The van der Waals surface area contributed by atoms with Crippen LogP contribution in [0, 0.1) is 0 Å². The van der Waals surface area contributed by atoms with Crippen LogP contribution >= 0.6 is 12.2 Å². The Morgan fingerprint density at radius 2 is 1.70 bits per heavy atom. The van der Waals surface area contributed by atoms with Crippen LogP contribution in [0.1, 0.15) is 5.56 Å². The Balaban J connectivity index is 2.25. The molecule has 1 aliphatic rings. The number of nitrogens with zero attached hydrogens (tertiary/aromatic N) is 1. The number of quaternary nitrogens is 1. The minimum atomic E-state index is 0.00405. The van der Waals surface area contributed by atoms with Crippen molar-refractivity contribution in [2.75, 3.05) is 47.4 Å². The van der Waals surface area contributed by atoms with Gasteiger partial charge in [-0.15, -0.1) is 0 Å². The van der Waals surface area contributed by atoms with E-state index >= 15 is 0 Å². The van der Waals surface area contributed by atoms with Crippen LogP contribution in [0.4, 0.5) is 0 Å². The first-order valence-electron chi connectivity index (χ1n) is 6.62. The van der Waals surface area contributed by atoms with Gasteiger partial charge in [-0.2, -0.15) is 0 Å². The molecular weight excluding hydrogens is 276 g/mol. The molecule has 0 atom stereocenters. The summed E-state index contributed by atoms with van der Waals surface area (Å²) >= 11 is 5.56. The number of hydrogen-bond acceptors (Lipinski definition) is 4. The Kier molecular flexibility index (Phi) is 4.67. The van der Waals surface area contributed by atoms with Gasteiger partial charge in [-0.05, 0) is 12.1 Å². The predicted octanol–water partition coefficient (Wildman–Crippen LogP) is -0.0848. The maximum absolute atomic E-state index is 9.93. The number of aromatic hydroxyl groups is 1. The van der Waals surface area contributed by atoms with Gasteiger partial charge in [0.2, 0.25) is 5.75 Å². The van der Waals surface area contributed by atoms with E-state index in [1.807, 2.05) is 0 Å². The lowest BCUT2D eigenvalue weighted by molar-refractivity contribution is -0.883. The molecule has 0 amide bonds. The van der Waals surface area contributed by atoms with Gasteiger partial charge in [0.25, 0.3) is 0 Å². The average molecular weight is 297 g/mol. The highest BCUT2D eigenvalue weighted by Crippen LogP contribution is 2.37. The van der Waals surface area contributed by atoms with Crippen LogP contribution in [0.25, 0.3) is 0 Å². The second-order valence-corrected chi connectivity index (χ2v) is 5.37. The third-order valence-corrected chi connectivity index (χ3v) is 4.12. The first-order valence-corrected chi connectivity index (χ1v) is 7.03. The highest BCUT2D eigenvalue weighted by molar-refractivity contribution is 7.80. The van der Waals surface area contributed by atoms with Gasteiger partial charge in [-0.3, -0.25) is 0 Å². The van der Waals surface area contributed by atoms with E-state index in [2.05, 4.69) is 11.9 Å². The number of methoxy groups -OCH3 is 2. The van der Waals surface area contributed by atoms with Crippen molar-refractivity contribution in [3.05, 3.63) is 17.7 Å². The van der Waals surface area contributed by atoms with Crippen molar-refractivity contribution in [2.45, 2.75) is 0 Å². The lowest BCUT2D eigenvalue weighted by Gasteiger charge is -2.32. The van der Waals surface area contributed by atoms with Gasteiger partial charge in [-0.25, -0.2) is 0 Å². The zero-order chi connectivity index (χ0) is 14.7. The van der Waals surface area contributed by atoms with Gasteiger partial charge >= 0.3 is 0 Å². The Labute approximate surface area is 124 Å². The number of phenols is 1.